The van der Waals surface area contributed by atoms with Crippen LogP contribution in [0.25, 0.3) is 0 Å². The molecule has 2 aliphatic rings. The normalized spacial score (nSPS) is 23.6. The lowest BCUT2D eigenvalue weighted by Gasteiger charge is -2.48. The van der Waals surface area contributed by atoms with Crippen LogP contribution >= 0.6 is 12.4 Å². The number of nitrogens with one attached hydrogen (secondary N) is 1. The molecule has 1 amide bonds. The molecule has 1 saturated carbocycles. The molecule has 2 rings (SSSR count). The third-order valence-corrected chi connectivity index (χ3v) is 5.42. The summed E-state index contributed by atoms with van der Waals surface area (Å²) in [7, 11) is 0. The van der Waals surface area contributed by atoms with E-state index in [9.17, 15) is 4.79 Å². The molecule has 1 saturated heterocycles. The Morgan fingerprint density at radius 2 is 1.64 bits per heavy atom. The standard InChI is InChI=1S/C17H33N3O.ClH/c1-14(2)15(18)16(21)19-13-17(9-5-3-6-10-17)20-11-7-4-8-12-20;/h14-15H,3-13,18H2,1-2H3,(H,19,21);1H/t15-;/m0./s1. The van der Waals surface area contributed by atoms with E-state index in [1.165, 1.54) is 64.5 Å². The van der Waals surface area contributed by atoms with E-state index in [0.717, 1.165) is 6.54 Å². The predicted octanol–water partition coefficient (Wildman–Crippen LogP) is 2.70. The van der Waals surface area contributed by atoms with Gasteiger partial charge in [-0.05, 0) is 44.7 Å². The SMILES string of the molecule is CC(C)[C@H](N)C(=O)NCC1(N2CCCCC2)CCCCC1.Cl. The van der Waals surface area contributed by atoms with Crippen molar-refractivity contribution in [2.75, 3.05) is 19.6 Å². The molecule has 1 aliphatic carbocycles. The van der Waals surface area contributed by atoms with Crippen molar-refractivity contribution < 1.29 is 4.79 Å². The van der Waals surface area contributed by atoms with Crippen LogP contribution in [0.4, 0.5) is 0 Å². The van der Waals surface area contributed by atoms with E-state index in [2.05, 4.69) is 10.2 Å². The van der Waals surface area contributed by atoms with Gasteiger partial charge in [0.2, 0.25) is 5.91 Å². The topological polar surface area (TPSA) is 58.4 Å². The lowest BCUT2D eigenvalue weighted by Crippen LogP contribution is -2.59. The lowest BCUT2D eigenvalue weighted by atomic mass is 9.79. The first kappa shape index (κ1) is 19.7. The largest absolute Gasteiger partial charge is 0.353 e. The molecule has 3 N–H and O–H groups in total. The van der Waals surface area contributed by atoms with Gasteiger partial charge in [0.1, 0.15) is 0 Å². The molecule has 0 aromatic rings. The first-order valence-electron chi connectivity index (χ1n) is 8.83. The minimum atomic E-state index is -0.382. The second kappa shape index (κ2) is 9.09. The van der Waals surface area contributed by atoms with Gasteiger partial charge >= 0.3 is 0 Å². The molecule has 0 radical (unpaired) electrons. The van der Waals surface area contributed by atoms with Gasteiger partial charge in [0.25, 0.3) is 0 Å². The fourth-order valence-corrected chi connectivity index (χ4v) is 3.86. The van der Waals surface area contributed by atoms with E-state index in [4.69, 9.17) is 5.73 Å². The van der Waals surface area contributed by atoms with E-state index in [0.29, 0.717) is 0 Å². The van der Waals surface area contributed by atoms with Gasteiger partial charge in [-0.25, -0.2) is 0 Å². The highest BCUT2D eigenvalue weighted by Gasteiger charge is 2.38. The number of rotatable bonds is 5. The smallest absolute Gasteiger partial charge is 0.237 e. The van der Waals surface area contributed by atoms with Crippen LogP contribution in [0, 0.1) is 5.92 Å². The van der Waals surface area contributed by atoms with Crippen molar-refractivity contribution >= 4 is 18.3 Å². The van der Waals surface area contributed by atoms with Gasteiger partial charge in [-0.1, -0.05) is 39.5 Å². The van der Waals surface area contributed by atoms with Crippen LogP contribution in [-0.4, -0.2) is 42.0 Å². The van der Waals surface area contributed by atoms with E-state index in [-0.39, 0.29) is 35.8 Å². The third kappa shape index (κ3) is 4.84. The molecule has 2 fully saturated rings. The minimum Gasteiger partial charge on any atom is -0.353 e. The summed E-state index contributed by atoms with van der Waals surface area (Å²) >= 11 is 0. The number of likely N-dealkylation sites (tertiary alicyclic amines) is 1. The zero-order valence-corrected chi connectivity index (χ0v) is 15.1. The average Bonchev–Trinajstić information content (AvgIpc) is 2.53. The molecule has 130 valence electrons. The Hall–Kier alpha value is -0.320. The van der Waals surface area contributed by atoms with Crippen LogP contribution in [-0.2, 0) is 4.79 Å². The zero-order valence-electron chi connectivity index (χ0n) is 14.3. The first-order chi connectivity index (χ1) is 10.1. The Bertz CT molecular complexity index is 337. The maximum Gasteiger partial charge on any atom is 0.237 e. The molecule has 1 heterocycles. The highest BCUT2D eigenvalue weighted by atomic mass is 35.5. The van der Waals surface area contributed by atoms with Gasteiger partial charge in [0.15, 0.2) is 0 Å². The second-order valence-electron chi connectivity index (χ2n) is 7.32. The molecule has 0 bridgehead atoms. The number of amides is 1. The molecule has 0 spiro atoms. The second-order valence-corrected chi connectivity index (χ2v) is 7.32. The molecule has 1 atom stereocenters. The quantitative estimate of drug-likeness (QED) is 0.814. The number of hydrogen-bond donors (Lipinski definition) is 2. The Morgan fingerprint density at radius 3 is 2.18 bits per heavy atom. The van der Waals surface area contributed by atoms with Crippen LogP contribution < -0.4 is 11.1 Å². The van der Waals surface area contributed by atoms with E-state index < -0.39 is 0 Å². The van der Waals surface area contributed by atoms with Crippen molar-refractivity contribution in [3.05, 3.63) is 0 Å². The third-order valence-electron chi connectivity index (χ3n) is 5.42. The number of carbonyl (C=O) groups excluding carboxylic acids is 1. The maximum atomic E-state index is 12.2. The number of nitrogens with zero attached hydrogens (tertiary/aromatic N) is 1. The van der Waals surface area contributed by atoms with Crippen molar-refractivity contribution in [2.45, 2.75) is 76.8 Å². The Balaban J connectivity index is 0.00000242. The number of carbonyl (C=O) groups is 1. The molecule has 4 nitrogen and oxygen atoms in total. The van der Waals surface area contributed by atoms with Crippen molar-refractivity contribution in [3.8, 4) is 0 Å². The van der Waals surface area contributed by atoms with Gasteiger partial charge in [-0.2, -0.15) is 0 Å². The van der Waals surface area contributed by atoms with E-state index in [1.807, 2.05) is 13.8 Å². The fourth-order valence-electron chi connectivity index (χ4n) is 3.86. The minimum absolute atomic E-state index is 0. The molecule has 1 aliphatic heterocycles. The molecular formula is C17H34ClN3O. The van der Waals surface area contributed by atoms with Crippen LogP contribution in [0.15, 0.2) is 0 Å². The number of piperidine rings is 1. The predicted molar refractivity (Wildman–Crippen MR) is 94.3 cm³/mol. The van der Waals surface area contributed by atoms with Crippen LogP contribution in [0.5, 0.6) is 0 Å². The zero-order chi connectivity index (χ0) is 15.3. The van der Waals surface area contributed by atoms with E-state index >= 15 is 0 Å². The summed E-state index contributed by atoms with van der Waals surface area (Å²) in [6, 6.07) is -0.382. The van der Waals surface area contributed by atoms with Gasteiger partial charge < -0.3 is 11.1 Å². The Kier molecular flexibility index (Phi) is 8.15. The number of hydrogen-bond acceptors (Lipinski definition) is 3. The lowest BCUT2D eigenvalue weighted by molar-refractivity contribution is -0.124. The summed E-state index contributed by atoms with van der Waals surface area (Å²) in [6.45, 7) is 7.20. The summed E-state index contributed by atoms with van der Waals surface area (Å²) in [5.74, 6) is 0.217. The van der Waals surface area contributed by atoms with E-state index in [1.54, 1.807) is 0 Å². The van der Waals surface area contributed by atoms with Gasteiger partial charge in [0.05, 0.1) is 6.04 Å². The van der Waals surface area contributed by atoms with Crippen molar-refractivity contribution in [2.24, 2.45) is 11.7 Å². The molecule has 22 heavy (non-hydrogen) atoms. The van der Waals surface area contributed by atoms with Crippen molar-refractivity contribution in [1.29, 1.82) is 0 Å². The fraction of sp³-hybridized carbons (Fsp3) is 0.941. The Labute approximate surface area is 142 Å². The Morgan fingerprint density at radius 1 is 1.09 bits per heavy atom. The summed E-state index contributed by atoms with van der Waals surface area (Å²) in [4.78, 5) is 14.9. The van der Waals surface area contributed by atoms with Gasteiger partial charge in [0, 0.05) is 12.1 Å². The van der Waals surface area contributed by atoms with Gasteiger partial charge in [-0.3, -0.25) is 9.69 Å². The van der Waals surface area contributed by atoms with Crippen LogP contribution in [0.1, 0.15) is 65.2 Å². The number of nitrogens with two attached hydrogens (primary N) is 1. The number of halogens is 1. The summed E-state index contributed by atoms with van der Waals surface area (Å²) in [6.07, 6.45) is 10.4. The molecule has 0 aromatic heterocycles. The maximum absolute atomic E-state index is 12.2. The molecule has 0 unspecified atom stereocenters. The summed E-state index contributed by atoms with van der Waals surface area (Å²) in [5.41, 5.74) is 6.17. The van der Waals surface area contributed by atoms with Gasteiger partial charge in [-0.15, -0.1) is 12.4 Å². The van der Waals surface area contributed by atoms with Crippen LogP contribution in [0.3, 0.4) is 0 Å². The van der Waals surface area contributed by atoms with Crippen molar-refractivity contribution in [1.82, 2.24) is 10.2 Å². The summed E-state index contributed by atoms with van der Waals surface area (Å²) < 4.78 is 0. The molecule has 0 aromatic carbocycles. The average molecular weight is 332 g/mol. The highest BCUT2D eigenvalue weighted by molar-refractivity contribution is 5.85. The highest BCUT2D eigenvalue weighted by Crippen LogP contribution is 2.35. The molecular weight excluding hydrogens is 298 g/mol. The summed E-state index contributed by atoms with van der Waals surface area (Å²) in [5, 5.41) is 3.17. The first-order valence-corrected chi connectivity index (χ1v) is 8.83. The molecule has 5 heteroatoms. The van der Waals surface area contributed by atoms with Crippen molar-refractivity contribution in [3.63, 3.8) is 0 Å². The van der Waals surface area contributed by atoms with Crippen LogP contribution in [0.2, 0.25) is 0 Å². The monoisotopic (exact) mass is 331 g/mol.